The van der Waals surface area contributed by atoms with Crippen LogP contribution in [0.15, 0.2) is 34.9 Å². The second-order valence-electron chi connectivity index (χ2n) is 4.04. The lowest BCUT2D eigenvalue weighted by Gasteiger charge is -2.00. The zero-order chi connectivity index (χ0) is 13.5. The van der Waals surface area contributed by atoms with E-state index in [-0.39, 0.29) is 0 Å². The molecule has 1 heterocycles. The summed E-state index contributed by atoms with van der Waals surface area (Å²) < 4.78 is 15.5. The fourth-order valence-electron chi connectivity index (χ4n) is 1.65. The molecule has 0 amide bonds. The molecule has 0 radical (unpaired) electrons. The van der Waals surface area contributed by atoms with Crippen molar-refractivity contribution in [2.24, 2.45) is 0 Å². The van der Waals surface area contributed by atoms with E-state index in [1.807, 2.05) is 24.3 Å². The van der Waals surface area contributed by atoms with Crippen molar-refractivity contribution in [2.75, 3.05) is 27.4 Å². The van der Waals surface area contributed by atoms with Crippen LogP contribution in [-0.2, 0) is 11.3 Å². The van der Waals surface area contributed by atoms with Crippen LogP contribution in [0.5, 0.6) is 5.75 Å². The molecule has 0 fully saturated rings. The molecule has 0 saturated carbocycles. The Kier molecular flexibility index (Phi) is 4.94. The molecule has 2 aromatic rings. The van der Waals surface area contributed by atoms with E-state index < -0.39 is 0 Å². The van der Waals surface area contributed by atoms with Crippen LogP contribution in [0.2, 0.25) is 0 Å². The monoisotopic (exact) mass is 262 g/mol. The Morgan fingerprint density at radius 2 is 2.00 bits per heavy atom. The minimum Gasteiger partial charge on any atom is -0.497 e. The van der Waals surface area contributed by atoms with Crippen LogP contribution in [0.25, 0.3) is 11.5 Å². The van der Waals surface area contributed by atoms with Gasteiger partial charge in [0.1, 0.15) is 12.0 Å². The van der Waals surface area contributed by atoms with Crippen LogP contribution in [-0.4, -0.2) is 32.4 Å². The number of hydrogen-bond acceptors (Lipinski definition) is 5. The Labute approximate surface area is 112 Å². The van der Waals surface area contributed by atoms with Crippen molar-refractivity contribution >= 4 is 0 Å². The Morgan fingerprint density at radius 1 is 1.21 bits per heavy atom. The number of benzene rings is 1. The van der Waals surface area contributed by atoms with Crippen LogP contribution in [0.1, 0.15) is 5.69 Å². The number of nitrogens with zero attached hydrogens (tertiary/aromatic N) is 1. The third-order valence-electron chi connectivity index (χ3n) is 2.68. The van der Waals surface area contributed by atoms with Crippen LogP contribution < -0.4 is 10.1 Å². The third-order valence-corrected chi connectivity index (χ3v) is 2.68. The molecule has 2 rings (SSSR count). The number of methoxy groups -OCH3 is 2. The average Bonchev–Trinajstić information content (AvgIpc) is 2.92. The number of ether oxygens (including phenoxy) is 2. The quantitative estimate of drug-likeness (QED) is 0.774. The highest BCUT2D eigenvalue weighted by molar-refractivity contribution is 5.54. The molecule has 5 heteroatoms. The largest absolute Gasteiger partial charge is 0.497 e. The van der Waals surface area contributed by atoms with Gasteiger partial charge in [-0.05, 0) is 24.3 Å². The SMILES string of the molecule is COCCNCc1coc(-c2ccc(OC)cc2)n1. The van der Waals surface area contributed by atoms with Crippen LogP contribution in [0, 0.1) is 0 Å². The molecule has 0 aliphatic carbocycles. The van der Waals surface area contributed by atoms with Gasteiger partial charge in [0.2, 0.25) is 5.89 Å². The summed E-state index contributed by atoms with van der Waals surface area (Å²) >= 11 is 0. The molecule has 1 aromatic carbocycles. The van der Waals surface area contributed by atoms with Gasteiger partial charge in [0.05, 0.1) is 19.4 Å². The smallest absolute Gasteiger partial charge is 0.226 e. The van der Waals surface area contributed by atoms with E-state index in [9.17, 15) is 0 Å². The molecular formula is C14H18N2O3. The normalized spacial score (nSPS) is 10.6. The second kappa shape index (κ2) is 6.92. The van der Waals surface area contributed by atoms with Gasteiger partial charge in [-0.15, -0.1) is 0 Å². The van der Waals surface area contributed by atoms with Gasteiger partial charge in [-0.3, -0.25) is 0 Å². The summed E-state index contributed by atoms with van der Waals surface area (Å²) in [5, 5.41) is 3.22. The molecular weight excluding hydrogens is 244 g/mol. The van der Waals surface area contributed by atoms with Gasteiger partial charge >= 0.3 is 0 Å². The Balaban J connectivity index is 1.95. The van der Waals surface area contributed by atoms with E-state index in [1.54, 1.807) is 20.5 Å². The summed E-state index contributed by atoms with van der Waals surface area (Å²) in [4.78, 5) is 4.42. The lowest BCUT2D eigenvalue weighted by atomic mass is 10.2. The van der Waals surface area contributed by atoms with Gasteiger partial charge in [-0.1, -0.05) is 0 Å². The highest BCUT2D eigenvalue weighted by atomic mass is 16.5. The average molecular weight is 262 g/mol. The van der Waals surface area contributed by atoms with E-state index >= 15 is 0 Å². The minimum atomic E-state index is 0.617. The summed E-state index contributed by atoms with van der Waals surface area (Å²) in [6, 6.07) is 7.62. The first-order valence-corrected chi connectivity index (χ1v) is 6.12. The molecule has 0 spiro atoms. The maximum atomic E-state index is 5.46. The van der Waals surface area contributed by atoms with E-state index in [4.69, 9.17) is 13.9 Å². The molecule has 0 aliphatic rings. The fourth-order valence-corrected chi connectivity index (χ4v) is 1.65. The van der Waals surface area contributed by atoms with Gasteiger partial charge < -0.3 is 19.2 Å². The van der Waals surface area contributed by atoms with Gasteiger partial charge in [-0.25, -0.2) is 4.98 Å². The summed E-state index contributed by atoms with van der Waals surface area (Å²) in [6.45, 7) is 2.15. The van der Waals surface area contributed by atoms with Crippen molar-refractivity contribution in [1.29, 1.82) is 0 Å². The van der Waals surface area contributed by atoms with Crippen LogP contribution in [0.3, 0.4) is 0 Å². The zero-order valence-corrected chi connectivity index (χ0v) is 11.2. The van der Waals surface area contributed by atoms with Crippen molar-refractivity contribution < 1.29 is 13.9 Å². The van der Waals surface area contributed by atoms with E-state index in [1.165, 1.54) is 0 Å². The van der Waals surface area contributed by atoms with E-state index in [2.05, 4.69) is 10.3 Å². The number of aromatic nitrogens is 1. The Hall–Kier alpha value is -1.85. The van der Waals surface area contributed by atoms with Crippen LogP contribution >= 0.6 is 0 Å². The summed E-state index contributed by atoms with van der Waals surface area (Å²) in [7, 11) is 3.32. The van der Waals surface area contributed by atoms with E-state index in [0.717, 1.165) is 23.6 Å². The molecule has 19 heavy (non-hydrogen) atoms. The van der Waals surface area contributed by atoms with Crippen molar-refractivity contribution in [1.82, 2.24) is 10.3 Å². The molecule has 102 valence electrons. The van der Waals surface area contributed by atoms with Crippen molar-refractivity contribution in [3.8, 4) is 17.2 Å². The van der Waals surface area contributed by atoms with Gasteiger partial charge in [-0.2, -0.15) is 0 Å². The molecule has 0 atom stereocenters. The summed E-state index contributed by atoms with van der Waals surface area (Å²) in [5.74, 6) is 1.43. The Bertz CT molecular complexity index is 494. The molecule has 1 aromatic heterocycles. The minimum absolute atomic E-state index is 0.617. The highest BCUT2D eigenvalue weighted by Gasteiger charge is 2.06. The molecule has 0 saturated heterocycles. The number of oxazole rings is 1. The maximum Gasteiger partial charge on any atom is 0.226 e. The lowest BCUT2D eigenvalue weighted by Crippen LogP contribution is -2.18. The van der Waals surface area contributed by atoms with Gasteiger partial charge in [0.25, 0.3) is 0 Å². The maximum absolute atomic E-state index is 5.46. The first-order valence-electron chi connectivity index (χ1n) is 6.12. The molecule has 1 N–H and O–H groups in total. The van der Waals surface area contributed by atoms with Crippen molar-refractivity contribution in [3.63, 3.8) is 0 Å². The number of hydrogen-bond donors (Lipinski definition) is 1. The predicted octanol–water partition coefficient (Wildman–Crippen LogP) is 2.09. The number of nitrogens with one attached hydrogen (secondary N) is 1. The Morgan fingerprint density at radius 3 is 2.68 bits per heavy atom. The molecule has 5 nitrogen and oxygen atoms in total. The topological polar surface area (TPSA) is 56.5 Å². The first-order chi connectivity index (χ1) is 9.33. The first kappa shape index (κ1) is 13.6. The number of rotatable bonds is 7. The third kappa shape index (κ3) is 3.81. The second-order valence-corrected chi connectivity index (χ2v) is 4.04. The zero-order valence-electron chi connectivity index (χ0n) is 11.2. The van der Waals surface area contributed by atoms with Gasteiger partial charge in [0.15, 0.2) is 0 Å². The molecule has 0 bridgehead atoms. The van der Waals surface area contributed by atoms with E-state index in [0.29, 0.717) is 19.0 Å². The lowest BCUT2D eigenvalue weighted by molar-refractivity contribution is 0.199. The van der Waals surface area contributed by atoms with Crippen LogP contribution in [0.4, 0.5) is 0 Å². The van der Waals surface area contributed by atoms with Gasteiger partial charge in [0, 0.05) is 25.8 Å². The molecule has 0 aliphatic heterocycles. The van der Waals surface area contributed by atoms with Crippen molar-refractivity contribution in [3.05, 3.63) is 36.2 Å². The standard InChI is InChI=1S/C14H18N2O3/c1-17-8-7-15-9-12-10-19-14(16-12)11-3-5-13(18-2)6-4-11/h3-6,10,15H,7-9H2,1-2H3. The highest BCUT2D eigenvalue weighted by Crippen LogP contribution is 2.21. The fraction of sp³-hybridized carbons (Fsp3) is 0.357. The predicted molar refractivity (Wildman–Crippen MR) is 72.1 cm³/mol. The van der Waals surface area contributed by atoms with Crippen molar-refractivity contribution in [2.45, 2.75) is 6.54 Å². The summed E-state index contributed by atoms with van der Waals surface area (Å²) in [5.41, 5.74) is 1.81. The summed E-state index contributed by atoms with van der Waals surface area (Å²) in [6.07, 6.45) is 1.67. The molecule has 0 unspecified atom stereocenters.